The zero-order valence-electron chi connectivity index (χ0n) is 39.0. The zero-order valence-corrected chi connectivity index (χ0v) is 39.0. The van der Waals surface area contributed by atoms with Crippen LogP contribution in [0, 0.1) is 23.7 Å². The number of amides is 4. The van der Waals surface area contributed by atoms with Crippen LogP contribution in [0.1, 0.15) is 97.4 Å². The monoisotopic (exact) mass is 898 g/mol. The minimum Gasteiger partial charge on any atom is -0.453 e. The summed E-state index contributed by atoms with van der Waals surface area (Å²) in [5, 5.41) is 7.83. The minimum absolute atomic E-state index is 0.0267. The number of aromatic amines is 2. The Morgan fingerprint density at radius 2 is 1.21 bits per heavy atom. The van der Waals surface area contributed by atoms with E-state index in [0.717, 1.165) is 75.3 Å². The van der Waals surface area contributed by atoms with Crippen molar-refractivity contribution in [1.82, 2.24) is 40.4 Å². The topological polar surface area (TPSA) is 184 Å². The summed E-state index contributed by atoms with van der Waals surface area (Å²) in [6, 6.07) is 19.4. The van der Waals surface area contributed by atoms with Gasteiger partial charge in [0.2, 0.25) is 11.8 Å². The summed E-state index contributed by atoms with van der Waals surface area (Å²) in [6.07, 6.45) is 6.27. The molecule has 3 aliphatic heterocycles. The molecule has 4 fully saturated rings. The van der Waals surface area contributed by atoms with Crippen molar-refractivity contribution >= 4 is 34.8 Å². The summed E-state index contributed by atoms with van der Waals surface area (Å²) >= 11 is 0. The number of rotatable bonds is 11. The highest BCUT2D eigenvalue weighted by Crippen LogP contribution is 2.53. The quantitative estimate of drug-likeness (QED) is 0.101. The number of aromatic nitrogens is 4. The number of benzene rings is 3. The number of imidazole rings is 2. The van der Waals surface area contributed by atoms with E-state index in [1.807, 2.05) is 49.9 Å². The van der Waals surface area contributed by atoms with Gasteiger partial charge in [-0.3, -0.25) is 9.59 Å². The number of methoxy groups -OCH3 is 2. The van der Waals surface area contributed by atoms with E-state index in [9.17, 15) is 19.2 Å². The lowest BCUT2D eigenvalue weighted by molar-refractivity contribution is -0.140. The molecule has 3 saturated heterocycles. The fourth-order valence-corrected chi connectivity index (χ4v) is 10.9. The van der Waals surface area contributed by atoms with E-state index in [0.29, 0.717) is 18.8 Å². The molecule has 3 aromatic carbocycles. The van der Waals surface area contributed by atoms with Crippen LogP contribution in [0.3, 0.4) is 0 Å². The first-order valence-electron chi connectivity index (χ1n) is 23.4. The molecule has 5 heterocycles. The van der Waals surface area contributed by atoms with Crippen LogP contribution in [-0.2, 0) is 23.8 Å². The summed E-state index contributed by atoms with van der Waals surface area (Å²) in [5.41, 5.74) is 5.89. The second-order valence-corrected chi connectivity index (χ2v) is 19.5. The SMILES string of the molecule is COC(=O)NC(C(=O)N1[C@H](C)[C@H](C)C[C@H]1c1ncc(-c2ccc3cc(-c4ccc(-c5cnc([C@@H]6C[C@H]7C[C@H]7N6C(=O)[C@@H](NC(=O)OC)C(C)C)[nH]5)cc4)ccc3c2)[nH]1)C1C[C@@H](C)O[C@@H](C)C1. The number of hydrogen-bond donors (Lipinski definition) is 4. The van der Waals surface area contributed by atoms with Crippen molar-refractivity contribution < 1.29 is 33.4 Å². The van der Waals surface area contributed by atoms with Crippen LogP contribution in [0.4, 0.5) is 9.59 Å². The van der Waals surface area contributed by atoms with E-state index in [1.165, 1.54) is 14.2 Å². The van der Waals surface area contributed by atoms with Gasteiger partial charge >= 0.3 is 12.2 Å². The molecular formula is C51H62N8O7. The number of hydrogen-bond acceptors (Lipinski definition) is 9. The van der Waals surface area contributed by atoms with Gasteiger partial charge in [-0.1, -0.05) is 69.3 Å². The molecule has 0 spiro atoms. The van der Waals surface area contributed by atoms with Crippen LogP contribution >= 0.6 is 0 Å². The van der Waals surface area contributed by atoms with Crippen LogP contribution in [0.15, 0.2) is 73.1 Å². The zero-order chi connectivity index (χ0) is 46.6. The van der Waals surface area contributed by atoms with Crippen LogP contribution in [0.25, 0.3) is 44.4 Å². The number of fused-ring (bicyclic) bond motifs is 2. The highest BCUT2D eigenvalue weighted by atomic mass is 16.5. The number of nitrogens with zero attached hydrogens (tertiary/aromatic N) is 4. The molecule has 4 aliphatic rings. The van der Waals surface area contributed by atoms with Crippen molar-refractivity contribution in [3.8, 4) is 33.6 Å². The molecule has 4 N–H and O–H groups in total. The van der Waals surface area contributed by atoms with Crippen LogP contribution in [-0.4, -0.2) is 104 Å². The first-order chi connectivity index (χ1) is 31.7. The summed E-state index contributed by atoms with van der Waals surface area (Å²) in [6.45, 7) is 12.1. The summed E-state index contributed by atoms with van der Waals surface area (Å²) in [4.78, 5) is 73.7. The Labute approximate surface area is 385 Å². The average Bonchev–Trinajstić information content (AvgIpc) is 3.74. The van der Waals surface area contributed by atoms with Gasteiger partial charge < -0.3 is 44.6 Å². The summed E-state index contributed by atoms with van der Waals surface area (Å²) in [5.74, 6) is 1.73. The Kier molecular flexibility index (Phi) is 12.4. The largest absolute Gasteiger partial charge is 0.453 e. The minimum atomic E-state index is -0.745. The van der Waals surface area contributed by atoms with E-state index >= 15 is 0 Å². The standard InChI is InChI=1S/C51H62N8O7/c1-26(2)44(56-50(62)64-7)48(60)59-41-22-37(41)23-43(59)47-52-24-39(54-47)32-11-9-31(10-12-32)33-13-14-35-21-36(16-15-34(35)20-33)40-25-53-46(55-40)42-17-27(3)30(6)58(42)49(61)45(57-51(63)65-8)38-18-28(4)66-29(5)19-38/h9-16,20-21,24-30,37-38,41-45H,17-19,22-23H2,1-8H3,(H,52,54)(H,53,55)(H,56,62)(H,57,63)/t27-,28-,29+,30-,37-,38?,41-,42+,43+,44+,45?/m1/s1. The smallest absolute Gasteiger partial charge is 0.407 e. The van der Waals surface area contributed by atoms with E-state index in [2.05, 4.69) is 95.1 Å². The summed E-state index contributed by atoms with van der Waals surface area (Å²) in [7, 11) is 2.62. The predicted octanol–water partition coefficient (Wildman–Crippen LogP) is 8.56. The normalized spacial score (nSPS) is 26.8. The fraction of sp³-hybridized carbons (Fsp3) is 0.490. The molecule has 15 heteroatoms. The number of piperidine rings is 1. The second-order valence-electron chi connectivity index (χ2n) is 19.5. The molecular weight excluding hydrogens is 837 g/mol. The molecule has 4 amide bonds. The molecule has 0 radical (unpaired) electrons. The average molecular weight is 899 g/mol. The Morgan fingerprint density at radius 3 is 1.83 bits per heavy atom. The molecule has 0 bridgehead atoms. The van der Waals surface area contributed by atoms with Gasteiger partial charge in [0, 0.05) is 17.6 Å². The molecule has 2 aromatic heterocycles. The van der Waals surface area contributed by atoms with Crippen molar-refractivity contribution in [2.24, 2.45) is 23.7 Å². The van der Waals surface area contributed by atoms with Gasteiger partial charge in [0.05, 0.1) is 62.3 Å². The molecule has 66 heavy (non-hydrogen) atoms. The molecule has 2 unspecified atom stereocenters. The summed E-state index contributed by atoms with van der Waals surface area (Å²) < 4.78 is 15.8. The lowest BCUT2D eigenvalue weighted by Gasteiger charge is -2.39. The lowest BCUT2D eigenvalue weighted by Crippen LogP contribution is -2.55. The van der Waals surface area contributed by atoms with Gasteiger partial charge in [0.25, 0.3) is 0 Å². The third-order valence-corrected chi connectivity index (χ3v) is 14.6. The van der Waals surface area contributed by atoms with Crippen molar-refractivity contribution in [2.45, 2.75) is 122 Å². The van der Waals surface area contributed by atoms with Crippen molar-refractivity contribution in [1.29, 1.82) is 0 Å². The predicted molar refractivity (Wildman–Crippen MR) is 250 cm³/mol. The maximum atomic E-state index is 14.6. The van der Waals surface area contributed by atoms with Gasteiger partial charge in [0.15, 0.2) is 0 Å². The molecule has 5 aromatic rings. The molecule has 9 rings (SSSR count). The number of likely N-dealkylation sites (tertiary alicyclic amines) is 2. The molecule has 11 atom stereocenters. The highest BCUT2D eigenvalue weighted by molar-refractivity contribution is 5.91. The Balaban J connectivity index is 0.889. The van der Waals surface area contributed by atoms with Gasteiger partial charge in [-0.15, -0.1) is 0 Å². The van der Waals surface area contributed by atoms with Crippen molar-refractivity contribution in [3.05, 3.63) is 84.7 Å². The van der Waals surface area contributed by atoms with Crippen LogP contribution in [0.2, 0.25) is 0 Å². The fourth-order valence-electron chi connectivity index (χ4n) is 10.9. The number of nitrogens with one attached hydrogen (secondary N) is 4. The van der Waals surface area contributed by atoms with Crippen molar-refractivity contribution in [2.75, 3.05) is 14.2 Å². The number of carbonyl (C=O) groups excluding carboxylic acids is 4. The Morgan fingerprint density at radius 1 is 0.667 bits per heavy atom. The van der Waals surface area contributed by atoms with Crippen LogP contribution < -0.4 is 10.6 Å². The highest BCUT2D eigenvalue weighted by Gasteiger charge is 2.56. The molecule has 348 valence electrons. The van der Waals surface area contributed by atoms with Gasteiger partial charge in [-0.2, -0.15) is 0 Å². The number of carbonyl (C=O) groups is 4. The Hall–Kier alpha value is -6.22. The maximum absolute atomic E-state index is 14.6. The number of H-pyrrole nitrogens is 2. The molecule has 1 aliphatic carbocycles. The van der Waals surface area contributed by atoms with E-state index in [1.54, 1.807) is 0 Å². The lowest BCUT2D eigenvalue weighted by atomic mass is 9.85. The molecule has 1 saturated carbocycles. The van der Waals surface area contributed by atoms with Gasteiger partial charge in [-0.05, 0) is 116 Å². The maximum Gasteiger partial charge on any atom is 0.407 e. The van der Waals surface area contributed by atoms with Crippen molar-refractivity contribution in [3.63, 3.8) is 0 Å². The Bertz CT molecular complexity index is 2600. The first-order valence-corrected chi connectivity index (χ1v) is 23.4. The van der Waals surface area contributed by atoms with E-state index in [-0.39, 0.29) is 65.9 Å². The third kappa shape index (κ3) is 8.77. The second kappa shape index (κ2) is 18.2. The van der Waals surface area contributed by atoms with E-state index in [4.69, 9.17) is 24.2 Å². The third-order valence-electron chi connectivity index (χ3n) is 14.6. The van der Waals surface area contributed by atoms with E-state index < -0.39 is 24.3 Å². The molecule has 15 nitrogen and oxygen atoms in total. The number of alkyl carbamates (subject to hydrolysis) is 2. The van der Waals surface area contributed by atoms with Gasteiger partial charge in [0.1, 0.15) is 23.7 Å². The van der Waals surface area contributed by atoms with Crippen LogP contribution in [0.5, 0.6) is 0 Å². The van der Waals surface area contributed by atoms with Gasteiger partial charge in [-0.25, -0.2) is 19.6 Å². The first kappa shape index (κ1) is 45.0. The number of ether oxygens (including phenoxy) is 3.